The van der Waals surface area contributed by atoms with Crippen molar-refractivity contribution in [3.63, 3.8) is 0 Å². The van der Waals surface area contributed by atoms with Gasteiger partial charge in [0.15, 0.2) is 0 Å². The maximum Gasteiger partial charge on any atom is 0.0622 e. The lowest BCUT2D eigenvalue weighted by Crippen LogP contribution is -2.46. The number of likely N-dealkylation sites (N-methyl/N-ethyl adjacent to an activating group) is 1. The Labute approximate surface area is 93.2 Å². The van der Waals surface area contributed by atoms with Crippen molar-refractivity contribution < 1.29 is 4.74 Å². The van der Waals surface area contributed by atoms with Crippen molar-refractivity contribution in [3.8, 4) is 0 Å². The highest BCUT2D eigenvalue weighted by atomic mass is 16.5. The third-order valence-corrected chi connectivity index (χ3v) is 3.75. The minimum atomic E-state index is 0.649. The van der Waals surface area contributed by atoms with Crippen LogP contribution in [0.15, 0.2) is 0 Å². The highest BCUT2D eigenvalue weighted by molar-refractivity contribution is 4.85. The summed E-state index contributed by atoms with van der Waals surface area (Å²) in [5.74, 6) is 0. The standard InChI is InChI=1S/C12H24N2O/c1-3-11(8-13-10-4-5-10)14(2)12-6-7-15-9-12/h10-13H,3-9H2,1-2H3. The number of hydrogen-bond acceptors (Lipinski definition) is 3. The molecule has 1 N–H and O–H groups in total. The van der Waals surface area contributed by atoms with Gasteiger partial charge in [-0.2, -0.15) is 0 Å². The van der Waals surface area contributed by atoms with Crippen LogP contribution in [-0.4, -0.2) is 49.8 Å². The maximum atomic E-state index is 5.45. The van der Waals surface area contributed by atoms with Gasteiger partial charge in [-0.1, -0.05) is 6.92 Å². The molecular formula is C12H24N2O. The Balaban J connectivity index is 1.75. The second-order valence-corrected chi connectivity index (χ2v) is 4.93. The molecule has 15 heavy (non-hydrogen) atoms. The van der Waals surface area contributed by atoms with Crippen molar-refractivity contribution in [2.24, 2.45) is 0 Å². The van der Waals surface area contributed by atoms with Crippen LogP contribution in [0.3, 0.4) is 0 Å². The minimum absolute atomic E-state index is 0.649. The molecule has 1 aliphatic carbocycles. The van der Waals surface area contributed by atoms with Gasteiger partial charge in [0, 0.05) is 31.3 Å². The van der Waals surface area contributed by atoms with Gasteiger partial charge in [-0.3, -0.25) is 4.90 Å². The molecule has 0 aromatic carbocycles. The summed E-state index contributed by atoms with van der Waals surface area (Å²) in [6.45, 7) is 5.30. The van der Waals surface area contributed by atoms with E-state index in [1.54, 1.807) is 0 Å². The molecule has 0 spiro atoms. The molecule has 0 bridgehead atoms. The molecule has 1 saturated carbocycles. The Bertz CT molecular complexity index is 188. The lowest BCUT2D eigenvalue weighted by Gasteiger charge is -2.31. The van der Waals surface area contributed by atoms with Gasteiger partial charge in [0.25, 0.3) is 0 Å². The monoisotopic (exact) mass is 212 g/mol. The van der Waals surface area contributed by atoms with Gasteiger partial charge in [0.1, 0.15) is 0 Å². The maximum absolute atomic E-state index is 5.45. The Morgan fingerprint density at radius 3 is 2.73 bits per heavy atom. The molecule has 2 aliphatic rings. The number of ether oxygens (including phenoxy) is 1. The molecule has 1 heterocycles. The lowest BCUT2D eigenvalue weighted by molar-refractivity contribution is 0.128. The minimum Gasteiger partial charge on any atom is -0.380 e. The second kappa shape index (κ2) is 5.28. The van der Waals surface area contributed by atoms with Crippen LogP contribution in [0.4, 0.5) is 0 Å². The van der Waals surface area contributed by atoms with Crippen molar-refractivity contribution in [3.05, 3.63) is 0 Å². The van der Waals surface area contributed by atoms with Crippen molar-refractivity contribution in [1.82, 2.24) is 10.2 Å². The zero-order valence-electron chi connectivity index (χ0n) is 10.0. The van der Waals surface area contributed by atoms with Gasteiger partial charge >= 0.3 is 0 Å². The Morgan fingerprint density at radius 1 is 1.40 bits per heavy atom. The molecule has 2 unspecified atom stereocenters. The third-order valence-electron chi connectivity index (χ3n) is 3.75. The molecule has 88 valence electrons. The van der Waals surface area contributed by atoms with Crippen LogP contribution in [0, 0.1) is 0 Å². The summed E-state index contributed by atoms with van der Waals surface area (Å²) in [4.78, 5) is 2.52. The number of nitrogens with one attached hydrogen (secondary N) is 1. The van der Waals surface area contributed by atoms with E-state index in [0.29, 0.717) is 12.1 Å². The molecule has 2 fully saturated rings. The van der Waals surface area contributed by atoms with E-state index < -0.39 is 0 Å². The smallest absolute Gasteiger partial charge is 0.0622 e. The molecule has 0 radical (unpaired) electrons. The largest absolute Gasteiger partial charge is 0.380 e. The first-order valence-corrected chi connectivity index (χ1v) is 6.34. The molecule has 0 aromatic rings. The summed E-state index contributed by atoms with van der Waals surface area (Å²) in [7, 11) is 2.25. The van der Waals surface area contributed by atoms with E-state index >= 15 is 0 Å². The van der Waals surface area contributed by atoms with Gasteiger partial charge in [-0.15, -0.1) is 0 Å². The van der Waals surface area contributed by atoms with Gasteiger partial charge in [-0.25, -0.2) is 0 Å². The average Bonchev–Trinajstić information content (AvgIpc) is 2.92. The van der Waals surface area contributed by atoms with Crippen LogP contribution in [0.2, 0.25) is 0 Å². The van der Waals surface area contributed by atoms with E-state index in [2.05, 4.69) is 24.2 Å². The van der Waals surface area contributed by atoms with Gasteiger partial charge in [0.05, 0.1) is 6.61 Å². The SMILES string of the molecule is CCC(CNC1CC1)N(C)C1CCOC1. The summed E-state index contributed by atoms with van der Waals surface area (Å²) in [5, 5.41) is 3.63. The summed E-state index contributed by atoms with van der Waals surface area (Å²) in [6.07, 6.45) is 5.20. The molecule has 0 aromatic heterocycles. The Morgan fingerprint density at radius 2 is 2.20 bits per heavy atom. The Kier molecular flexibility index (Phi) is 4.00. The normalized spacial score (nSPS) is 28.6. The Hall–Kier alpha value is -0.120. The molecule has 2 atom stereocenters. The molecule has 1 aliphatic heterocycles. The molecular weight excluding hydrogens is 188 g/mol. The fraction of sp³-hybridized carbons (Fsp3) is 1.00. The number of hydrogen-bond donors (Lipinski definition) is 1. The van der Waals surface area contributed by atoms with E-state index in [1.165, 1.54) is 25.7 Å². The third kappa shape index (κ3) is 3.16. The molecule has 3 heteroatoms. The first-order chi connectivity index (χ1) is 7.31. The molecule has 2 rings (SSSR count). The summed E-state index contributed by atoms with van der Waals surface area (Å²) in [6, 6.07) is 2.15. The van der Waals surface area contributed by atoms with Crippen LogP contribution in [0.5, 0.6) is 0 Å². The number of nitrogens with zero attached hydrogens (tertiary/aromatic N) is 1. The predicted molar refractivity (Wildman–Crippen MR) is 62.1 cm³/mol. The highest BCUT2D eigenvalue weighted by Gasteiger charge is 2.27. The van der Waals surface area contributed by atoms with E-state index in [-0.39, 0.29) is 0 Å². The molecule has 1 saturated heterocycles. The highest BCUT2D eigenvalue weighted by Crippen LogP contribution is 2.20. The number of rotatable bonds is 6. The van der Waals surface area contributed by atoms with Crippen LogP contribution in [0.25, 0.3) is 0 Å². The van der Waals surface area contributed by atoms with Crippen molar-refractivity contribution >= 4 is 0 Å². The van der Waals surface area contributed by atoms with Crippen molar-refractivity contribution in [2.45, 2.75) is 50.7 Å². The van der Waals surface area contributed by atoms with Gasteiger partial charge in [0.2, 0.25) is 0 Å². The fourth-order valence-electron chi connectivity index (χ4n) is 2.31. The first kappa shape index (κ1) is 11.4. The topological polar surface area (TPSA) is 24.5 Å². The van der Waals surface area contributed by atoms with Crippen molar-refractivity contribution in [1.29, 1.82) is 0 Å². The van der Waals surface area contributed by atoms with Crippen LogP contribution in [-0.2, 0) is 4.74 Å². The second-order valence-electron chi connectivity index (χ2n) is 4.93. The van der Waals surface area contributed by atoms with Crippen molar-refractivity contribution in [2.75, 3.05) is 26.8 Å². The van der Waals surface area contributed by atoms with Crippen LogP contribution in [0.1, 0.15) is 32.6 Å². The van der Waals surface area contributed by atoms with Gasteiger partial charge in [-0.05, 0) is 32.7 Å². The van der Waals surface area contributed by atoms with E-state index in [4.69, 9.17) is 4.74 Å². The van der Waals surface area contributed by atoms with Crippen LogP contribution >= 0.6 is 0 Å². The summed E-state index contributed by atoms with van der Waals surface area (Å²) in [5.41, 5.74) is 0. The zero-order valence-corrected chi connectivity index (χ0v) is 10.0. The fourth-order valence-corrected chi connectivity index (χ4v) is 2.31. The summed E-state index contributed by atoms with van der Waals surface area (Å²) >= 11 is 0. The zero-order chi connectivity index (χ0) is 10.7. The van der Waals surface area contributed by atoms with E-state index in [9.17, 15) is 0 Å². The predicted octanol–water partition coefficient (Wildman–Crippen LogP) is 1.24. The van der Waals surface area contributed by atoms with E-state index in [1.807, 2.05) is 0 Å². The van der Waals surface area contributed by atoms with E-state index in [0.717, 1.165) is 25.8 Å². The van der Waals surface area contributed by atoms with Gasteiger partial charge < -0.3 is 10.1 Å². The molecule has 3 nitrogen and oxygen atoms in total. The van der Waals surface area contributed by atoms with Crippen LogP contribution < -0.4 is 5.32 Å². The molecule has 0 amide bonds. The first-order valence-electron chi connectivity index (χ1n) is 6.34. The summed E-state index contributed by atoms with van der Waals surface area (Å²) < 4.78 is 5.45. The average molecular weight is 212 g/mol. The quantitative estimate of drug-likeness (QED) is 0.717. The lowest BCUT2D eigenvalue weighted by atomic mass is 10.1.